The molecule has 0 N–H and O–H groups in total. The summed E-state index contributed by atoms with van der Waals surface area (Å²) >= 11 is 0. The molecule has 1 heterocycles. The number of esters is 2. The Balaban J connectivity index is 2.12. The summed E-state index contributed by atoms with van der Waals surface area (Å²) in [5, 5.41) is 0.626. The topological polar surface area (TPSA) is 101 Å². The van der Waals surface area contributed by atoms with Crippen molar-refractivity contribution in [2.45, 2.75) is 45.3 Å². The summed E-state index contributed by atoms with van der Waals surface area (Å²) in [6.07, 6.45) is 0.416. The maximum atomic E-state index is 12.3. The average Bonchev–Trinajstić information content (AvgIpc) is 3.16. The van der Waals surface area contributed by atoms with E-state index in [4.69, 9.17) is 18.6 Å². The second-order valence-electron chi connectivity index (χ2n) is 6.56. The van der Waals surface area contributed by atoms with Crippen LogP contribution in [0.15, 0.2) is 21.3 Å². The fraction of sp³-hybridized carbons (Fsp3) is 0.450. The summed E-state index contributed by atoms with van der Waals surface area (Å²) in [7, 11) is 2.53. The van der Waals surface area contributed by atoms with E-state index in [9.17, 15) is 14.4 Å². The second-order valence-corrected chi connectivity index (χ2v) is 6.56. The van der Waals surface area contributed by atoms with Crippen LogP contribution in [0, 0.1) is 0 Å². The summed E-state index contributed by atoms with van der Waals surface area (Å²) in [6, 6.07) is 3.10. The molecule has 1 aromatic heterocycles. The van der Waals surface area contributed by atoms with Crippen molar-refractivity contribution in [2.24, 2.45) is 0 Å². The van der Waals surface area contributed by atoms with Gasteiger partial charge in [0.2, 0.25) is 0 Å². The Morgan fingerprint density at radius 2 is 1.57 bits per heavy atom. The molecule has 1 aliphatic rings. The Morgan fingerprint density at radius 1 is 0.964 bits per heavy atom. The van der Waals surface area contributed by atoms with Gasteiger partial charge in [-0.15, -0.1) is 0 Å². The standard InChI is InChI=1S/C20H22O8/c1-10(18(21)24-3)26-12-8-15(27-11(2)19(22)25-4)17-13-6-5-7-14(13)20(23)28-16(17)9-12/h8-11H,5-7H2,1-4H3/t10-,11+/m1/s1. The molecule has 0 saturated carbocycles. The minimum Gasteiger partial charge on any atom is -0.479 e. The SMILES string of the molecule is COC(=O)[C@H](C)Oc1cc(O[C@H](C)C(=O)OC)cc2oc(=O)c3c(c12)CCC3. The molecule has 8 nitrogen and oxygen atoms in total. The molecule has 8 heteroatoms. The van der Waals surface area contributed by atoms with Gasteiger partial charge in [-0.25, -0.2) is 14.4 Å². The van der Waals surface area contributed by atoms with Gasteiger partial charge in [0.05, 0.1) is 19.6 Å². The van der Waals surface area contributed by atoms with Gasteiger partial charge in [-0.3, -0.25) is 0 Å². The van der Waals surface area contributed by atoms with Crippen LogP contribution in [0.4, 0.5) is 0 Å². The molecule has 0 amide bonds. The van der Waals surface area contributed by atoms with Crippen LogP contribution in [0.3, 0.4) is 0 Å². The molecular formula is C20H22O8. The van der Waals surface area contributed by atoms with Crippen LogP contribution in [-0.4, -0.2) is 38.4 Å². The fourth-order valence-electron chi connectivity index (χ4n) is 3.33. The zero-order chi connectivity index (χ0) is 20.4. The molecule has 0 unspecified atom stereocenters. The number of hydrogen-bond acceptors (Lipinski definition) is 8. The van der Waals surface area contributed by atoms with Crippen molar-refractivity contribution in [2.75, 3.05) is 14.2 Å². The van der Waals surface area contributed by atoms with Gasteiger partial charge in [0.1, 0.15) is 17.1 Å². The number of benzene rings is 1. The highest BCUT2D eigenvalue weighted by atomic mass is 16.6. The van der Waals surface area contributed by atoms with Crippen molar-refractivity contribution in [1.29, 1.82) is 0 Å². The molecule has 0 spiro atoms. The van der Waals surface area contributed by atoms with E-state index in [0.717, 1.165) is 12.0 Å². The molecule has 150 valence electrons. The summed E-state index contributed by atoms with van der Waals surface area (Å²) in [5.41, 5.74) is 1.35. The Morgan fingerprint density at radius 3 is 2.21 bits per heavy atom. The van der Waals surface area contributed by atoms with E-state index in [1.807, 2.05) is 0 Å². The van der Waals surface area contributed by atoms with E-state index in [0.29, 0.717) is 29.5 Å². The Hall–Kier alpha value is -3.03. The van der Waals surface area contributed by atoms with Gasteiger partial charge in [-0.2, -0.15) is 0 Å². The van der Waals surface area contributed by atoms with Gasteiger partial charge in [-0.05, 0) is 38.7 Å². The lowest BCUT2D eigenvalue weighted by molar-refractivity contribution is -0.148. The van der Waals surface area contributed by atoms with E-state index in [2.05, 4.69) is 4.74 Å². The van der Waals surface area contributed by atoms with Crippen LogP contribution in [0.5, 0.6) is 11.5 Å². The lowest BCUT2D eigenvalue weighted by Gasteiger charge is -2.18. The van der Waals surface area contributed by atoms with Gasteiger partial charge in [-0.1, -0.05) is 0 Å². The minimum absolute atomic E-state index is 0.249. The van der Waals surface area contributed by atoms with E-state index >= 15 is 0 Å². The average molecular weight is 390 g/mol. The quantitative estimate of drug-likeness (QED) is 0.546. The first-order valence-electron chi connectivity index (χ1n) is 8.97. The zero-order valence-electron chi connectivity index (χ0n) is 16.2. The van der Waals surface area contributed by atoms with Gasteiger partial charge in [0, 0.05) is 17.7 Å². The van der Waals surface area contributed by atoms with Crippen LogP contribution in [0.2, 0.25) is 0 Å². The van der Waals surface area contributed by atoms with Crippen molar-refractivity contribution >= 4 is 22.9 Å². The van der Waals surface area contributed by atoms with Crippen molar-refractivity contribution in [1.82, 2.24) is 0 Å². The highest BCUT2D eigenvalue weighted by molar-refractivity contribution is 5.90. The van der Waals surface area contributed by atoms with Crippen molar-refractivity contribution in [3.05, 3.63) is 33.7 Å². The third-order valence-electron chi connectivity index (χ3n) is 4.69. The smallest absolute Gasteiger partial charge is 0.346 e. The predicted molar refractivity (Wildman–Crippen MR) is 98.7 cm³/mol. The third-order valence-corrected chi connectivity index (χ3v) is 4.69. The van der Waals surface area contributed by atoms with Gasteiger partial charge in [0.15, 0.2) is 12.2 Å². The molecule has 0 bridgehead atoms. The van der Waals surface area contributed by atoms with Crippen molar-refractivity contribution in [3.8, 4) is 11.5 Å². The van der Waals surface area contributed by atoms with Crippen molar-refractivity contribution in [3.63, 3.8) is 0 Å². The number of ether oxygens (including phenoxy) is 4. The number of rotatable bonds is 6. The number of fused-ring (bicyclic) bond motifs is 3. The number of hydrogen-bond donors (Lipinski definition) is 0. The van der Waals surface area contributed by atoms with Crippen molar-refractivity contribution < 1.29 is 33.0 Å². The first-order valence-corrected chi connectivity index (χ1v) is 8.97. The summed E-state index contributed by atoms with van der Waals surface area (Å²) in [5.74, 6) is -0.528. The predicted octanol–water partition coefficient (Wildman–Crippen LogP) is 2.16. The normalized spacial score (nSPS) is 14.9. The molecule has 2 aromatic rings. The van der Waals surface area contributed by atoms with E-state index in [-0.39, 0.29) is 11.3 Å². The van der Waals surface area contributed by atoms with Crippen LogP contribution in [0.1, 0.15) is 31.4 Å². The molecule has 2 atom stereocenters. The molecule has 0 fully saturated rings. The molecule has 3 rings (SSSR count). The monoisotopic (exact) mass is 390 g/mol. The molecule has 1 aromatic carbocycles. The van der Waals surface area contributed by atoms with Crippen LogP contribution in [0.25, 0.3) is 11.0 Å². The van der Waals surface area contributed by atoms with E-state index in [1.165, 1.54) is 27.2 Å². The Bertz CT molecular complexity index is 974. The minimum atomic E-state index is -0.884. The fourth-order valence-corrected chi connectivity index (χ4v) is 3.33. The first-order chi connectivity index (χ1) is 13.3. The zero-order valence-corrected chi connectivity index (χ0v) is 16.2. The van der Waals surface area contributed by atoms with Crippen LogP contribution in [-0.2, 0) is 31.9 Å². The van der Waals surface area contributed by atoms with E-state index in [1.54, 1.807) is 13.0 Å². The molecule has 1 aliphatic carbocycles. The summed E-state index contributed by atoms with van der Waals surface area (Å²) in [4.78, 5) is 35.8. The number of aryl methyl sites for hydroxylation is 1. The second kappa shape index (κ2) is 7.92. The summed E-state index contributed by atoms with van der Waals surface area (Å²) in [6.45, 7) is 3.09. The molecule has 0 radical (unpaired) electrons. The largest absolute Gasteiger partial charge is 0.479 e. The lowest BCUT2D eigenvalue weighted by atomic mass is 10.1. The highest BCUT2D eigenvalue weighted by Gasteiger charge is 2.26. The van der Waals surface area contributed by atoms with Crippen LogP contribution >= 0.6 is 0 Å². The maximum absolute atomic E-state index is 12.3. The van der Waals surface area contributed by atoms with E-state index < -0.39 is 29.8 Å². The molecule has 28 heavy (non-hydrogen) atoms. The Labute approximate surface area is 161 Å². The number of carbonyl (C=O) groups excluding carboxylic acids is 2. The Kier molecular flexibility index (Phi) is 5.58. The van der Waals surface area contributed by atoms with Gasteiger partial charge >= 0.3 is 17.6 Å². The lowest BCUT2D eigenvalue weighted by Crippen LogP contribution is -2.26. The number of carbonyl (C=O) groups is 2. The summed E-state index contributed by atoms with van der Waals surface area (Å²) < 4.78 is 26.3. The maximum Gasteiger partial charge on any atom is 0.346 e. The van der Waals surface area contributed by atoms with Gasteiger partial charge in [0.25, 0.3) is 0 Å². The first kappa shape index (κ1) is 19.7. The molecular weight excluding hydrogens is 368 g/mol. The third kappa shape index (κ3) is 3.67. The van der Waals surface area contributed by atoms with Crippen LogP contribution < -0.4 is 15.1 Å². The molecule has 0 saturated heterocycles. The molecule has 0 aliphatic heterocycles. The number of methoxy groups -OCH3 is 2. The highest BCUT2D eigenvalue weighted by Crippen LogP contribution is 2.38. The van der Waals surface area contributed by atoms with Gasteiger partial charge < -0.3 is 23.4 Å².